The Kier molecular flexibility index (Phi) is 4.99. The van der Waals surface area contributed by atoms with E-state index in [2.05, 4.69) is 21.5 Å². The van der Waals surface area contributed by atoms with Crippen molar-refractivity contribution < 1.29 is 13.5 Å². The molecule has 2 N–H and O–H groups in total. The summed E-state index contributed by atoms with van der Waals surface area (Å²) in [6, 6.07) is 1.48. The lowest BCUT2D eigenvalue weighted by molar-refractivity contribution is 0.294. The Morgan fingerprint density at radius 1 is 1.33 bits per heavy atom. The molecule has 0 aromatic carbocycles. The SMILES string of the molecule is CC1(NS(=O)(=O)c2cncc(C#CCO)c2)CCCCC1. The fourth-order valence-corrected chi connectivity index (χ4v) is 4.05. The van der Waals surface area contributed by atoms with Crippen LogP contribution in [0, 0.1) is 11.8 Å². The standard InChI is InChI=1S/C15H20N2O3S/c1-15(7-3-2-4-8-15)17-21(19,20)14-10-13(6-5-9-18)11-16-12-14/h10-12,17-18H,2-4,7-9H2,1H3. The molecule has 1 aliphatic carbocycles. The molecule has 0 radical (unpaired) electrons. The Morgan fingerprint density at radius 3 is 2.71 bits per heavy atom. The number of rotatable bonds is 3. The van der Waals surface area contributed by atoms with Gasteiger partial charge < -0.3 is 5.11 Å². The second-order valence-corrected chi connectivity index (χ2v) is 7.28. The van der Waals surface area contributed by atoms with Crippen LogP contribution in [0.4, 0.5) is 0 Å². The molecule has 1 aromatic rings. The lowest BCUT2D eigenvalue weighted by Crippen LogP contribution is -2.47. The number of nitrogens with zero attached hydrogens (tertiary/aromatic N) is 1. The predicted molar refractivity (Wildman–Crippen MR) is 80.0 cm³/mol. The van der Waals surface area contributed by atoms with Crippen molar-refractivity contribution in [2.24, 2.45) is 0 Å². The van der Waals surface area contributed by atoms with Crippen molar-refractivity contribution in [3.63, 3.8) is 0 Å². The fraction of sp³-hybridized carbons (Fsp3) is 0.533. The summed E-state index contributed by atoms with van der Waals surface area (Å²) in [7, 11) is -3.61. The molecule has 1 aliphatic rings. The molecule has 5 nitrogen and oxygen atoms in total. The zero-order valence-corrected chi connectivity index (χ0v) is 12.9. The Morgan fingerprint density at radius 2 is 2.05 bits per heavy atom. The van der Waals surface area contributed by atoms with Crippen LogP contribution in [0.1, 0.15) is 44.6 Å². The minimum atomic E-state index is -3.61. The van der Waals surface area contributed by atoms with E-state index >= 15 is 0 Å². The van der Waals surface area contributed by atoms with Crippen LogP contribution < -0.4 is 4.72 Å². The van der Waals surface area contributed by atoms with Crippen LogP contribution in [0.25, 0.3) is 0 Å². The summed E-state index contributed by atoms with van der Waals surface area (Å²) in [5.74, 6) is 5.15. The quantitative estimate of drug-likeness (QED) is 0.828. The third-order valence-corrected chi connectivity index (χ3v) is 5.28. The minimum Gasteiger partial charge on any atom is -0.384 e. The Labute approximate surface area is 125 Å². The Balaban J connectivity index is 2.23. The molecule has 0 spiro atoms. The van der Waals surface area contributed by atoms with E-state index in [-0.39, 0.29) is 17.0 Å². The van der Waals surface area contributed by atoms with Gasteiger partial charge in [-0.3, -0.25) is 4.98 Å². The molecule has 114 valence electrons. The lowest BCUT2D eigenvalue weighted by atomic mass is 9.84. The van der Waals surface area contributed by atoms with Crippen LogP contribution >= 0.6 is 0 Å². The minimum absolute atomic E-state index is 0.110. The second kappa shape index (κ2) is 6.56. The van der Waals surface area contributed by atoms with Crippen molar-refractivity contribution in [2.45, 2.75) is 49.5 Å². The van der Waals surface area contributed by atoms with Gasteiger partial charge in [0.1, 0.15) is 11.5 Å². The molecule has 2 rings (SSSR count). The van der Waals surface area contributed by atoms with Gasteiger partial charge in [-0.05, 0) is 25.8 Å². The first-order valence-electron chi connectivity index (χ1n) is 7.04. The van der Waals surface area contributed by atoms with Gasteiger partial charge in [0.25, 0.3) is 0 Å². The van der Waals surface area contributed by atoms with E-state index in [0.717, 1.165) is 32.1 Å². The number of aliphatic hydroxyl groups excluding tert-OH is 1. The molecule has 1 fully saturated rings. The maximum Gasteiger partial charge on any atom is 0.242 e. The predicted octanol–water partition coefficient (Wildman–Crippen LogP) is 1.43. The number of hydrogen-bond donors (Lipinski definition) is 2. The molecular formula is C15H20N2O3S. The highest BCUT2D eigenvalue weighted by Crippen LogP contribution is 2.29. The van der Waals surface area contributed by atoms with E-state index in [9.17, 15) is 8.42 Å². The third kappa shape index (κ3) is 4.27. The van der Waals surface area contributed by atoms with Gasteiger partial charge in [-0.15, -0.1) is 0 Å². The van der Waals surface area contributed by atoms with E-state index < -0.39 is 10.0 Å². The molecule has 6 heteroatoms. The summed E-state index contributed by atoms with van der Waals surface area (Å²) in [4.78, 5) is 4.03. The van der Waals surface area contributed by atoms with Crippen LogP contribution in [0.5, 0.6) is 0 Å². The summed E-state index contributed by atoms with van der Waals surface area (Å²) in [6.45, 7) is 1.68. The topological polar surface area (TPSA) is 79.3 Å². The number of pyridine rings is 1. The molecule has 1 heterocycles. The Hall–Kier alpha value is -1.42. The van der Waals surface area contributed by atoms with Gasteiger partial charge >= 0.3 is 0 Å². The average Bonchev–Trinajstić information content (AvgIpc) is 2.45. The van der Waals surface area contributed by atoms with Crippen molar-refractivity contribution in [1.29, 1.82) is 0 Å². The number of aliphatic hydroxyl groups is 1. The van der Waals surface area contributed by atoms with Gasteiger partial charge in [-0.2, -0.15) is 0 Å². The van der Waals surface area contributed by atoms with Gasteiger partial charge in [0.2, 0.25) is 10.0 Å². The third-order valence-electron chi connectivity index (χ3n) is 3.67. The first-order valence-corrected chi connectivity index (χ1v) is 8.52. The number of sulfonamides is 1. The molecule has 1 aromatic heterocycles. The zero-order valence-electron chi connectivity index (χ0n) is 12.1. The van der Waals surface area contributed by atoms with Crippen LogP contribution in [-0.4, -0.2) is 30.7 Å². The number of hydrogen-bond acceptors (Lipinski definition) is 4. The zero-order chi connectivity index (χ0) is 15.3. The van der Waals surface area contributed by atoms with E-state index in [0.29, 0.717) is 5.56 Å². The number of nitrogens with one attached hydrogen (secondary N) is 1. The maximum atomic E-state index is 12.5. The summed E-state index contributed by atoms with van der Waals surface area (Å²) in [5.41, 5.74) is 0.0878. The van der Waals surface area contributed by atoms with Crippen molar-refractivity contribution in [3.8, 4) is 11.8 Å². The van der Waals surface area contributed by atoms with Crippen LogP contribution in [0.15, 0.2) is 23.4 Å². The van der Waals surface area contributed by atoms with Crippen molar-refractivity contribution in [2.75, 3.05) is 6.61 Å². The highest BCUT2D eigenvalue weighted by molar-refractivity contribution is 7.89. The largest absolute Gasteiger partial charge is 0.384 e. The maximum absolute atomic E-state index is 12.5. The van der Waals surface area contributed by atoms with Gasteiger partial charge in [0.15, 0.2) is 0 Å². The molecular weight excluding hydrogens is 288 g/mol. The average molecular weight is 308 g/mol. The van der Waals surface area contributed by atoms with Gasteiger partial charge in [0, 0.05) is 23.5 Å². The van der Waals surface area contributed by atoms with Gasteiger partial charge in [-0.25, -0.2) is 13.1 Å². The summed E-state index contributed by atoms with van der Waals surface area (Å²) < 4.78 is 27.8. The van der Waals surface area contributed by atoms with E-state index in [1.54, 1.807) is 0 Å². The monoisotopic (exact) mass is 308 g/mol. The van der Waals surface area contributed by atoms with Crippen molar-refractivity contribution >= 4 is 10.0 Å². The highest BCUT2D eigenvalue weighted by atomic mass is 32.2. The number of aromatic nitrogens is 1. The van der Waals surface area contributed by atoms with Gasteiger partial charge in [-0.1, -0.05) is 31.1 Å². The van der Waals surface area contributed by atoms with Crippen LogP contribution in [-0.2, 0) is 10.0 Å². The summed E-state index contributed by atoms with van der Waals surface area (Å²) in [5, 5.41) is 8.68. The smallest absolute Gasteiger partial charge is 0.242 e. The van der Waals surface area contributed by atoms with E-state index in [1.807, 2.05) is 6.92 Å². The Bertz CT molecular complexity index is 653. The molecule has 0 aliphatic heterocycles. The summed E-state index contributed by atoms with van der Waals surface area (Å²) in [6.07, 6.45) is 7.74. The van der Waals surface area contributed by atoms with Crippen molar-refractivity contribution in [1.82, 2.24) is 9.71 Å². The normalized spacial score (nSPS) is 17.8. The molecule has 1 saturated carbocycles. The molecule has 0 unspecified atom stereocenters. The van der Waals surface area contributed by atoms with Gasteiger partial charge in [0.05, 0.1) is 0 Å². The van der Waals surface area contributed by atoms with Crippen LogP contribution in [0.2, 0.25) is 0 Å². The van der Waals surface area contributed by atoms with E-state index in [4.69, 9.17) is 5.11 Å². The second-order valence-electron chi connectivity index (χ2n) is 5.60. The lowest BCUT2D eigenvalue weighted by Gasteiger charge is -2.34. The summed E-state index contributed by atoms with van der Waals surface area (Å²) >= 11 is 0. The first kappa shape index (κ1) is 16.0. The van der Waals surface area contributed by atoms with Crippen molar-refractivity contribution in [3.05, 3.63) is 24.0 Å². The van der Waals surface area contributed by atoms with E-state index in [1.165, 1.54) is 18.5 Å². The molecule has 0 amide bonds. The first-order chi connectivity index (χ1) is 9.95. The molecule has 0 atom stereocenters. The highest BCUT2D eigenvalue weighted by Gasteiger charge is 2.32. The molecule has 0 saturated heterocycles. The molecule has 21 heavy (non-hydrogen) atoms. The fourth-order valence-electron chi connectivity index (χ4n) is 2.59. The molecule has 0 bridgehead atoms. The van der Waals surface area contributed by atoms with Crippen LogP contribution in [0.3, 0.4) is 0 Å².